The van der Waals surface area contributed by atoms with Crippen LogP contribution in [0.4, 0.5) is 4.79 Å². The third kappa shape index (κ3) is 5.06. The second kappa shape index (κ2) is 6.23. The van der Waals surface area contributed by atoms with E-state index in [-0.39, 0.29) is 18.0 Å². The lowest BCUT2D eigenvalue weighted by molar-refractivity contribution is -0.154. The van der Waals surface area contributed by atoms with Gasteiger partial charge in [0.25, 0.3) is 0 Å². The molecule has 1 fully saturated rings. The zero-order chi connectivity index (χ0) is 14.5. The monoisotopic (exact) mass is 272 g/mol. The van der Waals surface area contributed by atoms with E-state index in [1.54, 1.807) is 0 Å². The van der Waals surface area contributed by atoms with E-state index >= 15 is 0 Å². The van der Waals surface area contributed by atoms with Crippen molar-refractivity contribution in [3.8, 4) is 0 Å². The molecule has 2 amide bonds. The smallest absolute Gasteiger partial charge is 0.314 e. The highest BCUT2D eigenvalue weighted by Crippen LogP contribution is 2.30. The number of urea groups is 1. The molecule has 0 atom stereocenters. The van der Waals surface area contributed by atoms with Crippen molar-refractivity contribution < 1.29 is 19.4 Å². The summed E-state index contributed by atoms with van der Waals surface area (Å²) in [6, 6.07) is -0.318. The molecule has 3 N–H and O–H groups in total. The van der Waals surface area contributed by atoms with Gasteiger partial charge in [0, 0.05) is 26.3 Å². The Morgan fingerprint density at radius 1 is 1.21 bits per heavy atom. The lowest BCUT2D eigenvalue weighted by atomic mass is 9.80. The summed E-state index contributed by atoms with van der Waals surface area (Å²) < 4.78 is 5.18. The first-order valence-corrected chi connectivity index (χ1v) is 6.58. The van der Waals surface area contributed by atoms with Crippen LogP contribution in [-0.2, 0) is 9.53 Å². The fourth-order valence-electron chi connectivity index (χ4n) is 1.89. The predicted octanol–water partition coefficient (Wildman–Crippen LogP) is 1.21. The van der Waals surface area contributed by atoms with Crippen LogP contribution in [0.5, 0.6) is 0 Å². The highest BCUT2D eigenvalue weighted by Gasteiger charge is 2.40. The van der Waals surface area contributed by atoms with Crippen molar-refractivity contribution in [1.82, 2.24) is 10.6 Å². The van der Waals surface area contributed by atoms with Crippen molar-refractivity contribution in [2.75, 3.05) is 26.3 Å². The molecule has 19 heavy (non-hydrogen) atoms. The van der Waals surface area contributed by atoms with E-state index in [2.05, 4.69) is 10.6 Å². The number of aliphatic carboxylic acids is 1. The van der Waals surface area contributed by atoms with Crippen LogP contribution < -0.4 is 10.6 Å². The maximum Gasteiger partial charge on any atom is 0.314 e. The van der Waals surface area contributed by atoms with Gasteiger partial charge in [-0.2, -0.15) is 0 Å². The van der Waals surface area contributed by atoms with Crippen LogP contribution in [0.25, 0.3) is 0 Å². The highest BCUT2D eigenvalue weighted by molar-refractivity contribution is 5.78. The lowest BCUT2D eigenvalue weighted by Gasteiger charge is -2.33. The molecule has 0 aromatic rings. The van der Waals surface area contributed by atoms with Crippen LogP contribution in [0, 0.1) is 10.8 Å². The second-order valence-electron chi connectivity index (χ2n) is 6.29. The van der Waals surface area contributed by atoms with E-state index < -0.39 is 11.4 Å². The fourth-order valence-corrected chi connectivity index (χ4v) is 1.89. The molecule has 1 saturated heterocycles. The Morgan fingerprint density at radius 3 is 2.26 bits per heavy atom. The molecular weight excluding hydrogens is 248 g/mol. The number of rotatable bonds is 4. The number of carboxylic acid groups (broad SMARTS) is 1. The van der Waals surface area contributed by atoms with Crippen molar-refractivity contribution in [3.05, 3.63) is 0 Å². The van der Waals surface area contributed by atoms with Crippen molar-refractivity contribution >= 4 is 12.0 Å². The zero-order valence-corrected chi connectivity index (χ0v) is 11.9. The maximum absolute atomic E-state index is 11.7. The first-order chi connectivity index (χ1) is 8.75. The third-order valence-corrected chi connectivity index (χ3v) is 3.27. The molecule has 0 spiro atoms. The van der Waals surface area contributed by atoms with E-state index in [1.165, 1.54) is 0 Å². The number of carbonyl (C=O) groups is 2. The summed E-state index contributed by atoms with van der Waals surface area (Å²) in [6.07, 6.45) is 0.865. The molecule has 1 aliphatic rings. The maximum atomic E-state index is 11.7. The Bertz CT molecular complexity index is 330. The van der Waals surface area contributed by atoms with Crippen LogP contribution in [0.3, 0.4) is 0 Å². The average Bonchev–Trinajstić information content (AvgIpc) is 2.34. The van der Waals surface area contributed by atoms with Gasteiger partial charge in [0.1, 0.15) is 0 Å². The Labute approximate surface area is 113 Å². The number of hydrogen-bond acceptors (Lipinski definition) is 3. The first-order valence-electron chi connectivity index (χ1n) is 6.58. The number of ether oxygens (including phenoxy) is 1. The van der Waals surface area contributed by atoms with Gasteiger partial charge in [0.2, 0.25) is 0 Å². The highest BCUT2D eigenvalue weighted by atomic mass is 16.5. The van der Waals surface area contributed by atoms with E-state index in [0.29, 0.717) is 32.6 Å². The van der Waals surface area contributed by atoms with E-state index in [4.69, 9.17) is 4.74 Å². The minimum atomic E-state index is -0.892. The molecule has 0 aliphatic carbocycles. The predicted molar refractivity (Wildman–Crippen MR) is 71.0 cm³/mol. The van der Waals surface area contributed by atoms with Crippen LogP contribution in [-0.4, -0.2) is 43.4 Å². The number of carbonyl (C=O) groups excluding carboxylic acids is 1. The molecule has 0 aromatic carbocycles. The summed E-state index contributed by atoms with van der Waals surface area (Å²) in [7, 11) is 0. The van der Waals surface area contributed by atoms with Gasteiger partial charge < -0.3 is 20.5 Å². The molecule has 1 aliphatic heterocycles. The Kier molecular flexibility index (Phi) is 5.17. The number of amides is 2. The molecule has 0 saturated carbocycles. The third-order valence-electron chi connectivity index (χ3n) is 3.27. The van der Waals surface area contributed by atoms with Crippen LogP contribution >= 0.6 is 0 Å². The van der Waals surface area contributed by atoms with Gasteiger partial charge in [0.05, 0.1) is 5.41 Å². The summed E-state index contributed by atoms with van der Waals surface area (Å²) in [6.45, 7) is 7.60. The summed E-state index contributed by atoms with van der Waals surface area (Å²) in [5, 5.41) is 14.7. The molecule has 0 aromatic heterocycles. The Hall–Kier alpha value is -1.30. The van der Waals surface area contributed by atoms with Gasteiger partial charge in [-0.3, -0.25) is 4.79 Å². The van der Waals surface area contributed by atoms with Gasteiger partial charge in [-0.1, -0.05) is 20.8 Å². The largest absolute Gasteiger partial charge is 0.481 e. The molecule has 6 heteroatoms. The Morgan fingerprint density at radius 2 is 1.79 bits per heavy atom. The van der Waals surface area contributed by atoms with Crippen LogP contribution in [0.1, 0.15) is 33.6 Å². The molecule has 0 radical (unpaired) electrons. The first kappa shape index (κ1) is 15.8. The van der Waals surface area contributed by atoms with E-state index in [1.807, 2.05) is 20.8 Å². The molecule has 0 bridgehead atoms. The Balaban J connectivity index is 2.44. The van der Waals surface area contributed by atoms with E-state index in [0.717, 1.165) is 0 Å². The summed E-state index contributed by atoms with van der Waals surface area (Å²) in [4.78, 5) is 23.0. The standard InChI is InChI=1S/C13H24N2O4/c1-12(2,3)8-14-11(18)15-9-13(10(16)17)4-6-19-7-5-13/h4-9H2,1-3H3,(H,16,17)(H2,14,15,18). The number of carboxylic acids is 1. The second-order valence-corrected chi connectivity index (χ2v) is 6.29. The minimum absolute atomic E-state index is 0.000500. The molecule has 1 rings (SSSR count). The minimum Gasteiger partial charge on any atom is -0.481 e. The van der Waals surface area contributed by atoms with Crippen LogP contribution in [0.2, 0.25) is 0 Å². The SMILES string of the molecule is CC(C)(C)CNC(=O)NCC1(C(=O)O)CCOCC1. The van der Waals surface area contributed by atoms with Crippen molar-refractivity contribution in [2.24, 2.45) is 10.8 Å². The van der Waals surface area contributed by atoms with Crippen LogP contribution in [0.15, 0.2) is 0 Å². The van der Waals surface area contributed by atoms with Crippen molar-refractivity contribution in [2.45, 2.75) is 33.6 Å². The molecule has 0 unspecified atom stereocenters. The lowest BCUT2D eigenvalue weighted by Crippen LogP contribution is -2.49. The fraction of sp³-hybridized carbons (Fsp3) is 0.846. The van der Waals surface area contributed by atoms with Gasteiger partial charge >= 0.3 is 12.0 Å². The average molecular weight is 272 g/mol. The summed E-state index contributed by atoms with van der Waals surface area (Å²) in [5.41, 5.74) is -0.891. The van der Waals surface area contributed by atoms with Gasteiger partial charge in [-0.05, 0) is 18.3 Å². The van der Waals surface area contributed by atoms with E-state index in [9.17, 15) is 14.7 Å². The summed E-state index contributed by atoms with van der Waals surface area (Å²) >= 11 is 0. The van der Waals surface area contributed by atoms with Gasteiger partial charge in [-0.25, -0.2) is 4.79 Å². The normalized spacial score (nSPS) is 18.7. The number of hydrogen-bond donors (Lipinski definition) is 3. The topological polar surface area (TPSA) is 87.7 Å². The number of nitrogens with one attached hydrogen (secondary N) is 2. The van der Waals surface area contributed by atoms with Crippen molar-refractivity contribution in [1.29, 1.82) is 0 Å². The zero-order valence-electron chi connectivity index (χ0n) is 11.9. The molecule has 110 valence electrons. The molecular formula is C13H24N2O4. The van der Waals surface area contributed by atoms with Crippen molar-refractivity contribution in [3.63, 3.8) is 0 Å². The molecule has 1 heterocycles. The summed E-state index contributed by atoms with van der Waals surface area (Å²) in [5.74, 6) is -0.869. The molecule has 6 nitrogen and oxygen atoms in total. The quantitative estimate of drug-likeness (QED) is 0.718. The van der Waals surface area contributed by atoms with Gasteiger partial charge in [-0.15, -0.1) is 0 Å². The van der Waals surface area contributed by atoms with Gasteiger partial charge in [0.15, 0.2) is 0 Å².